The first-order valence-corrected chi connectivity index (χ1v) is 12.0. The van der Waals surface area contributed by atoms with E-state index in [4.69, 9.17) is 0 Å². The van der Waals surface area contributed by atoms with Crippen molar-refractivity contribution in [3.8, 4) is 33.5 Å². The zero-order chi connectivity index (χ0) is 24.5. The highest BCUT2D eigenvalue weighted by atomic mass is 19.1. The summed E-state index contributed by atoms with van der Waals surface area (Å²) >= 11 is 0. The van der Waals surface area contributed by atoms with E-state index in [1.54, 1.807) is 18.5 Å². The number of aromatic nitrogens is 4. The largest absolute Gasteiger partial charge is 0.269 e. The molecule has 0 saturated heterocycles. The Morgan fingerprint density at radius 3 is 2.24 bits per heavy atom. The van der Waals surface area contributed by atoms with Crippen molar-refractivity contribution in [1.82, 2.24) is 19.7 Å². The summed E-state index contributed by atoms with van der Waals surface area (Å²) in [5.74, 6) is -1.01. The molecule has 0 atom stereocenters. The van der Waals surface area contributed by atoms with Crippen LogP contribution in [0.25, 0.3) is 33.5 Å². The van der Waals surface area contributed by atoms with Crippen LogP contribution in [0.4, 0.5) is 8.78 Å². The van der Waals surface area contributed by atoms with Gasteiger partial charge in [0.05, 0.1) is 17.9 Å². The van der Waals surface area contributed by atoms with Gasteiger partial charge in [-0.05, 0) is 54.8 Å². The molecule has 0 aliphatic heterocycles. The van der Waals surface area contributed by atoms with Crippen molar-refractivity contribution >= 4 is 0 Å². The number of pyridine rings is 2. The molecule has 6 heteroatoms. The smallest absolute Gasteiger partial charge is 0.132 e. The highest BCUT2D eigenvalue weighted by molar-refractivity contribution is 5.74. The van der Waals surface area contributed by atoms with Gasteiger partial charge >= 0.3 is 0 Å². The Morgan fingerprint density at radius 2 is 1.53 bits per heavy atom. The molecule has 0 radical (unpaired) electrons. The van der Waals surface area contributed by atoms with Gasteiger partial charge in [0.25, 0.3) is 0 Å². The summed E-state index contributed by atoms with van der Waals surface area (Å²) in [6.45, 7) is 8.39. The van der Waals surface area contributed by atoms with E-state index in [0.29, 0.717) is 11.7 Å². The van der Waals surface area contributed by atoms with Crippen LogP contribution in [0, 0.1) is 11.6 Å². The maximum atomic E-state index is 14.2. The zero-order valence-electron chi connectivity index (χ0n) is 20.3. The third-order valence-electron chi connectivity index (χ3n) is 5.59. The van der Waals surface area contributed by atoms with Crippen LogP contribution in [0.1, 0.15) is 59.4 Å². The van der Waals surface area contributed by atoms with Crippen molar-refractivity contribution in [3.63, 3.8) is 0 Å². The van der Waals surface area contributed by atoms with Gasteiger partial charge in [0.2, 0.25) is 0 Å². The molecule has 34 heavy (non-hydrogen) atoms. The van der Waals surface area contributed by atoms with Gasteiger partial charge in [-0.25, -0.2) is 8.78 Å². The van der Waals surface area contributed by atoms with Gasteiger partial charge in [-0.15, -0.1) is 0 Å². The van der Waals surface area contributed by atoms with Crippen LogP contribution in [0.5, 0.6) is 0 Å². The molecule has 1 aromatic carbocycles. The summed E-state index contributed by atoms with van der Waals surface area (Å²) < 4.78 is 29.9. The molecule has 0 spiro atoms. The van der Waals surface area contributed by atoms with Crippen molar-refractivity contribution < 1.29 is 8.78 Å². The molecular weight excluding hydrogens is 430 g/mol. The fraction of sp³-hybridized carbons (Fsp3) is 0.321. The molecule has 0 N–H and O–H groups in total. The van der Waals surface area contributed by atoms with Crippen LogP contribution >= 0.6 is 0 Å². The molecular formula is C28H32F2N4. The predicted octanol–water partition coefficient (Wildman–Crippen LogP) is 8.12. The Hall–Kier alpha value is -3.41. The SMILES string of the molecule is CC.CCCC(CCC)n1cc(-c2cncc(-c3ccnc(-c4cc(F)ccc4F)c3)c2)cn1. The van der Waals surface area contributed by atoms with Crippen molar-refractivity contribution in [2.24, 2.45) is 0 Å². The lowest BCUT2D eigenvalue weighted by Crippen LogP contribution is -2.08. The summed E-state index contributed by atoms with van der Waals surface area (Å²) in [5, 5.41) is 4.61. The van der Waals surface area contributed by atoms with E-state index in [1.165, 1.54) is 0 Å². The lowest BCUT2D eigenvalue weighted by molar-refractivity contribution is 0.391. The fourth-order valence-corrected chi connectivity index (χ4v) is 3.97. The van der Waals surface area contributed by atoms with Gasteiger partial charge in [0.1, 0.15) is 11.6 Å². The van der Waals surface area contributed by atoms with Gasteiger partial charge < -0.3 is 0 Å². The van der Waals surface area contributed by atoms with Crippen LogP contribution in [0.15, 0.2) is 67.4 Å². The van der Waals surface area contributed by atoms with Gasteiger partial charge in [0, 0.05) is 47.0 Å². The van der Waals surface area contributed by atoms with Crippen LogP contribution in [0.2, 0.25) is 0 Å². The van der Waals surface area contributed by atoms with E-state index in [2.05, 4.69) is 39.8 Å². The molecule has 0 amide bonds. The van der Waals surface area contributed by atoms with E-state index in [1.807, 2.05) is 38.4 Å². The third-order valence-corrected chi connectivity index (χ3v) is 5.59. The maximum Gasteiger partial charge on any atom is 0.132 e. The molecule has 3 aromatic heterocycles. The topological polar surface area (TPSA) is 43.6 Å². The molecule has 0 aliphatic carbocycles. The molecule has 0 aliphatic rings. The molecule has 0 bridgehead atoms. The molecule has 0 saturated carbocycles. The molecule has 178 valence electrons. The highest BCUT2D eigenvalue weighted by Gasteiger charge is 2.13. The summed E-state index contributed by atoms with van der Waals surface area (Å²) in [5.41, 5.74) is 4.16. The average molecular weight is 463 g/mol. The number of rotatable bonds is 8. The fourth-order valence-electron chi connectivity index (χ4n) is 3.97. The second-order valence-electron chi connectivity index (χ2n) is 7.96. The van der Waals surface area contributed by atoms with Crippen LogP contribution in [0.3, 0.4) is 0 Å². The quantitative estimate of drug-likeness (QED) is 0.265. The Morgan fingerprint density at radius 1 is 0.824 bits per heavy atom. The number of halogens is 2. The summed E-state index contributed by atoms with van der Waals surface area (Å²) in [6, 6.07) is 9.39. The van der Waals surface area contributed by atoms with Gasteiger partial charge in [-0.1, -0.05) is 40.5 Å². The number of nitrogens with zero attached hydrogens (tertiary/aromatic N) is 4. The van der Waals surface area contributed by atoms with E-state index in [0.717, 1.165) is 66.1 Å². The molecule has 4 rings (SSSR count). The predicted molar refractivity (Wildman–Crippen MR) is 134 cm³/mol. The number of benzene rings is 1. The van der Waals surface area contributed by atoms with Crippen molar-refractivity contribution in [2.75, 3.05) is 0 Å². The first-order valence-electron chi connectivity index (χ1n) is 12.0. The second kappa shape index (κ2) is 12.2. The standard InChI is InChI=1S/C26H26F2N4.C2H6/c1-3-5-23(6-4-2)32-17-21(16-31-32)20-11-19(14-29-15-20)18-9-10-30-26(12-18)24-13-22(27)7-8-25(24)28;1-2/h7-17,23H,3-6H2,1-2H3;1-2H3. The van der Waals surface area contributed by atoms with E-state index < -0.39 is 11.6 Å². The first-order chi connectivity index (χ1) is 16.6. The number of hydrogen-bond acceptors (Lipinski definition) is 3. The van der Waals surface area contributed by atoms with Crippen LogP contribution in [-0.2, 0) is 0 Å². The molecule has 4 nitrogen and oxygen atoms in total. The summed E-state index contributed by atoms with van der Waals surface area (Å²) in [6.07, 6.45) is 13.6. The third kappa shape index (κ3) is 5.93. The minimum Gasteiger partial charge on any atom is -0.269 e. The van der Waals surface area contributed by atoms with Crippen molar-refractivity contribution in [3.05, 3.63) is 79.0 Å². The molecule has 4 aromatic rings. The van der Waals surface area contributed by atoms with Crippen LogP contribution in [-0.4, -0.2) is 19.7 Å². The normalized spacial score (nSPS) is 10.8. The lowest BCUT2D eigenvalue weighted by atomic mass is 10.0. The summed E-state index contributed by atoms with van der Waals surface area (Å²) in [4.78, 5) is 8.64. The molecule has 0 fully saturated rings. The lowest BCUT2D eigenvalue weighted by Gasteiger charge is -2.15. The average Bonchev–Trinajstić information content (AvgIpc) is 3.37. The second-order valence-corrected chi connectivity index (χ2v) is 7.96. The Kier molecular flexibility index (Phi) is 9.02. The maximum absolute atomic E-state index is 14.2. The first kappa shape index (κ1) is 25.2. The van der Waals surface area contributed by atoms with Gasteiger partial charge in [0.15, 0.2) is 0 Å². The molecule has 0 unspecified atom stereocenters. The van der Waals surface area contributed by atoms with Gasteiger partial charge in [-0.3, -0.25) is 14.6 Å². The minimum absolute atomic E-state index is 0.134. The molecule has 3 heterocycles. The Balaban J connectivity index is 0.00000158. The highest BCUT2D eigenvalue weighted by Crippen LogP contribution is 2.30. The van der Waals surface area contributed by atoms with E-state index >= 15 is 0 Å². The Labute approximate surface area is 200 Å². The van der Waals surface area contributed by atoms with Crippen molar-refractivity contribution in [2.45, 2.75) is 59.4 Å². The summed E-state index contributed by atoms with van der Waals surface area (Å²) in [7, 11) is 0. The zero-order valence-corrected chi connectivity index (χ0v) is 20.3. The Bertz CT molecular complexity index is 1200. The number of hydrogen-bond donors (Lipinski definition) is 0. The van der Waals surface area contributed by atoms with Crippen molar-refractivity contribution in [1.29, 1.82) is 0 Å². The van der Waals surface area contributed by atoms with Crippen LogP contribution < -0.4 is 0 Å². The van der Waals surface area contributed by atoms with Gasteiger partial charge in [-0.2, -0.15) is 5.10 Å². The van der Waals surface area contributed by atoms with E-state index in [-0.39, 0.29) is 5.56 Å². The monoisotopic (exact) mass is 462 g/mol. The van der Waals surface area contributed by atoms with E-state index in [9.17, 15) is 8.78 Å². The minimum atomic E-state index is -0.510.